The van der Waals surface area contributed by atoms with E-state index in [0.717, 1.165) is 12.8 Å². The second kappa shape index (κ2) is 12.5. The molecule has 5 nitrogen and oxygen atoms in total. The lowest BCUT2D eigenvalue weighted by Crippen LogP contribution is -2.07. The molecule has 106 valence electrons. The molecule has 18 heavy (non-hydrogen) atoms. The fourth-order valence-electron chi connectivity index (χ4n) is 1.15. The van der Waals surface area contributed by atoms with E-state index in [-0.39, 0.29) is 12.8 Å². The third kappa shape index (κ3) is 10.3. The van der Waals surface area contributed by atoms with Crippen LogP contribution in [0.3, 0.4) is 0 Å². The third-order valence-electron chi connectivity index (χ3n) is 2.14. The molecule has 0 heterocycles. The first-order valence-electron chi connectivity index (χ1n) is 6.20. The largest absolute Gasteiger partial charge is 0.463 e. The molecule has 0 spiro atoms. The fourth-order valence-corrected chi connectivity index (χ4v) is 1.15. The van der Waals surface area contributed by atoms with Crippen LogP contribution in [0, 0.1) is 0 Å². The number of unbranched alkanes of at least 4 members (excludes halogenated alkanes) is 1. The normalized spacial score (nSPS) is 11.6. The number of methoxy groups -OCH3 is 1. The second-order valence-corrected chi connectivity index (χ2v) is 3.68. The van der Waals surface area contributed by atoms with Crippen LogP contribution in [0.1, 0.15) is 26.7 Å². The van der Waals surface area contributed by atoms with E-state index in [9.17, 15) is 4.79 Å². The van der Waals surface area contributed by atoms with Crippen LogP contribution in [-0.4, -0.2) is 46.3 Å². The van der Waals surface area contributed by atoms with Gasteiger partial charge in [-0.3, -0.25) is 0 Å². The van der Waals surface area contributed by atoms with E-state index in [2.05, 4.69) is 0 Å². The fraction of sp³-hybridized carbons (Fsp3) is 0.769. The molecule has 0 rings (SSSR count). The Morgan fingerprint density at radius 2 is 1.89 bits per heavy atom. The molecule has 0 atom stereocenters. The summed E-state index contributed by atoms with van der Waals surface area (Å²) >= 11 is 0. The summed E-state index contributed by atoms with van der Waals surface area (Å²) in [6.07, 6.45) is 3.51. The summed E-state index contributed by atoms with van der Waals surface area (Å²) in [4.78, 5) is 11.3. The van der Waals surface area contributed by atoms with Crippen molar-refractivity contribution in [3.63, 3.8) is 0 Å². The Kier molecular flexibility index (Phi) is 11.9. The van der Waals surface area contributed by atoms with E-state index in [1.54, 1.807) is 21.0 Å². The second-order valence-electron chi connectivity index (χ2n) is 3.68. The number of rotatable bonds is 11. The molecule has 0 aromatic rings. The van der Waals surface area contributed by atoms with Crippen molar-refractivity contribution in [2.45, 2.75) is 26.7 Å². The first kappa shape index (κ1) is 17.1. The third-order valence-corrected chi connectivity index (χ3v) is 2.14. The minimum atomic E-state index is -0.249. The van der Waals surface area contributed by atoms with Crippen LogP contribution in [0.2, 0.25) is 0 Å². The van der Waals surface area contributed by atoms with E-state index in [1.807, 2.05) is 6.08 Å². The number of esters is 1. The number of hydrogen-bond donors (Lipinski definition) is 0. The van der Waals surface area contributed by atoms with Gasteiger partial charge < -0.3 is 18.9 Å². The van der Waals surface area contributed by atoms with Gasteiger partial charge in [-0.2, -0.15) is 0 Å². The van der Waals surface area contributed by atoms with E-state index in [0.29, 0.717) is 32.0 Å². The highest BCUT2D eigenvalue weighted by Crippen LogP contribution is 2.01. The average Bonchev–Trinajstić information content (AvgIpc) is 2.36. The average molecular weight is 260 g/mol. The molecule has 0 unspecified atom stereocenters. The number of hydrogen-bond acceptors (Lipinski definition) is 5. The molecule has 0 aromatic heterocycles. The molecular formula is C13H24O5. The van der Waals surface area contributed by atoms with Crippen LogP contribution in [0.4, 0.5) is 0 Å². The molecular weight excluding hydrogens is 236 g/mol. The summed E-state index contributed by atoms with van der Waals surface area (Å²) in [5.74, 6) is -0.249. The molecule has 0 saturated carbocycles. The van der Waals surface area contributed by atoms with Crippen molar-refractivity contribution in [3.05, 3.63) is 11.6 Å². The van der Waals surface area contributed by atoms with E-state index in [4.69, 9.17) is 18.9 Å². The number of carbonyl (C=O) groups is 1. The summed E-state index contributed by atoms with van der Waals surface area (Å²) < 4.78 is 20.1. The highest BCUT2D eigenvalue weighted by molar-refractivity contribution is 5.87. The lowest BCUT2D eigenvalue weighted by Gasteiger charge is -2.04. The minimum Gasteiger partial charge on any atom is -0.463 e. The van der Waals surface area contributed by atoms with Gasteiger partial charge in [-0.25, -0.2) is 4.79 Å². The molecule has 0 amide bonds. The maximum atomic E-state index is 11.3. The zero-order valence-electron chi connectivity index (χ0n) is 11.6. The molecule has 0 aromatic carbocycles. The quantitative estimate of drug-likeness (QED) is 0.246. The van der Waals surface area contributed by atoms with Crippen molar-refractivity contribution in [1.82, 2.24) is 0 Å². The van der Waals surface area contributed by atoms with Gasteiger partial charge >= 0.3 is 5.97 Å². The van der Waals surface area contributed by atoms with Gasteiger partial charge in [-0.05, 0) is 26.7 Å². The molecule has 0 bridgehead atoms. The number of ether oxygens (including phenoxy) is 4. The summed E-state index contributed by atoms with van der Waals surface area (Å²) in [5.41, 5.74) is 0.646. The van der Waals surface area contributed by atoms with Gasteiger partial charge in [0.1, 0.15) is 6.79 Å². The standard InChI is InChI=1S/C13H24O5/c1-4-18-13(14)12(2)7-5-6-8-16-11-17-10-9-15-3/h7H,4-6,8-11H2,1-3H3/b12-7+. The number of carbonyl (C=O) groups excluding carboxylic acids is 1. The monoisotopic (exact) mass is 260 g/mol. The molecule has 0 N–H and O–H groups in total. The van der Waals surface area contributed by atoms with Gasteiger partial charge in [0.25, 0.3) is 0 Å². The molecule has 0 fully saturated rings. The summed E-state index contributed by atoms with van der Waals surface area (Å²) in [6, 6.07) is 0. The molecule has 5 heteroatoms. The SMILES string of the molecule is CCOC(=O)/C(C)=C/CCCOCOCCOC. The first-order chi connectivity index (χ1) is 8.72. The van der Waals surface area contributed by atoms with E-state index < -0.39 is 0 Å². The zero-order chi connectivity index (χ0) is 13.6. The van der Waals surface area contributed by atoms with Crippen molar-refractivity contribution in [2.75, 3.05) is 40.3 Å². The van der Waals surface area contributed by atoms with Gasteiger partial charge in [0.2, 0.25) is 0 Å². The highest BCUT2D eigenvalue weighted by atomic mass is 16.7. The molecule has 0 aliphatic carbocycles. The van der Waals surface area contributed by atoms with Gasteiger partial charge in [-0.1, -0.05) is 6.08 Å². The van der Waals surface area contributed by atoms with Crippen LogP contribution < -0.4 is 0 Å². The van der Waals surface area contributed by atoms with Crippen molar-refractivity contribution in [1.29, 1.82) is 0 Å². The Hall–Kier alpha value is -0.910. The van der Waals surface area contributed by atoms with Crippen molar-refractivity contribution in [3.8, 4) is 0 Å². The Bertz CT molecular complexity index is 238. The van der Waals surface area contributed by atoms with E-state index >= 15 is 0 Å². The highest BCUT2D eigenvalue weighted by Gasteiger charge is 2.02. The predicted molar refractivity (Wildman–Crippen MR) is 68.3 cm³/mol. The molecule has 0 radical (unpaired) electrons. The topological polar surface area (TPSA) is 54.0 Å². The van der Waals surface area contributed by atoms with Crippen LogP contribution in [0.15, 0.2) is 11.6 Å². The number of allylic oxidation sites excluding steroid dienone is 1. The molecule has 0 aliphatic heterocycles. The maximum Gasteiger partial charge on any atom is 0.333 e. The Morgan fingerprint density at radius 3 is 2.56 bits per heavy atom. The van der Waals surface area contributed by atoms with Crippen molar-refractivity contribution >= 4 is 5.97 Å². The molecule has 0 saturated heterocycles. The van der Waals surface area contributed by atoms with Gasteiger partial charge in [0, 0.05) is 19.3 Å². The van der Waals surface area contributed by atoms with Crippen molar-refractivity contribution < 1.29 is 23.7 Å². The molecule has 0 aliphatic rings. The lowest BCUT2D eigenvalue weighted by atomic mass is 10.2. The summed E-state index contributed by atoms with van der Waals surface area (Å²) in [6.45, 7) is 5.97. The Morgan fingerprint density at radius 1 is 1.17 bits per heavy atom. The smallest absolute Gasteiger partial charge is 0.333 e. The Balaban J connectivity index is 3.38. The van der Waals surface area contributed by atoms with Crippen molar-refractivity contribution in [2.24, 2.45) is 0 Å². The van der Waals surface area contributed by atoms with Gasteiger partial charge in [0.05, 0.1) is 19.8 Å². The lowest BCUT2D eigenvalue weighted by molar-refractivity contribution is -0.138. The minimum absolute atomic E-state index is 0.249. The van der Waals surface area contributed by atoms with Gasteiger partial charge in [0.15, 0.2) is 0 Å². The predicted octanol–water partition coefficient (Wildman–Crippen LogP) is 1.91. The van der Waals surface area contributed by atoms with Gasteiger partial charge in [-0.15, -0.1) is 0 Å². The van der Waals surface area contributed by atoms with Crippen LogP contribution in [0.5, 0.6) is 0 Å². The first-order valence-corrected chi connectivity index (χ1v) is 6.20. The van der Waals surface area contributed by atoms with E-state index in [1.165, 1.54) is 0 Å². The summed E-state index contributed by atoms with van der Waals surface area (Å²) in [5, 5.41) is 0. The van der Waals surface area contributed by atoms with Crippen LogP contribution in [-0.2, 0) is 23.7 Å². The van der Waals surface area contributed by atoms with Crippen LogP contribution >= 0.6 is 0 Å². The summed E-state index contributed by atoms with van der Waals surface area (Å²) in [7, 11) is 1.63. The zero-order valence-corrected chi connectivity index (χ0v) is 11.6. The Labute approximate surface area is 109 Å². The maximum absolute atomic E-state index is 11.3. The van der Waals surface area contributed by atoms with Crippen LogP contribution in [0.25, 0.3) is 0 Å².